The lowest BCUT2D eigenvalue weighted by Gasteiger charge is -2.11. The van der Waals surface area contributed by atoms with Crippen molar-refractivity contribution in [1.29, 1.82) is 0 Å². The van der Waals surface area contributed by atoms with Crippen LogP contribution in [0, 0.1) is 5.92 Å². The Kier molecular flexibility index (Phi) is 6.66. The van der Waals surface area contributed by atoms with Crippen molar-refractivity contribution in [2.45, 2.75) is 20.0 Å². The van der Waals surface area contributed by atoms with Gasteiger partial charge >= 0.3 is 0 Å². The number of carbonyl (C=O) groups is 1. The highest BCUT2D eigenvalue weighted by Crippen LogP contribution is 2.15. The Morgan fingerprint density at radius 2 is 2.24 bits per heavy atom. The number of hydrogen-bond acceptors (Lipinski definition) is 4. The molecule has 1 heterocycles. The van der Waals surface area contributed by atoms with E-state index < -0.39 is 0 Å². The Bertz CT molecular complexity index is 445. The predicted octanol–water partition coefficient (Wildman–Crippen LogP) is 1.79. The van der Waals surface area contributed by atoms with Gasteiger partial charge in [0.25, 0.3) is 0 Å². The van der Waals surface area contributed by atoms with Crippen LogP contribution in [0.4, 0.5) is 5.69 Å². The van der Waals surface area contributed by atoms with Gasteiger partial charge in [-0.1, -0.05) is 12.1 Å². The molecule has 5 heteroatoms. The topological polar surface area (TPSA) is 59.6 Å². The molecule has 1 aromatic rings. The summed E-state index contributed by atoms with van der Waals surface area (Å²) < 4.78 is 10.8. The lowest BCUT2D eigenvalue weighted by molar-refractivity contribution is -0.119. The number of amides is 1. The van der Waals surface area contributed by atoms with E-state index in [1.807, 2.05) is 31.2 Å². The highest BCUT2D eigenvalue weighted by atomic mass is 16.5. The van der Waals surface area contributed by atoms with Crippen molar-refractivity contribution in [3.63, 3.8) is 0 Å². The molecule has 116 valence electrons. The van der Waals surface area contributed by atoms with Crippen LogP contribution in [0.2, 0.25) is 0 Å². The predicted molar refractivity (Wildman–Crippen MR) is 82.2 cm³/mol. The molecule has 0 spiro atoms. The lowest BCUT2D eigenvalue weighted by atomic mass is 10.1. The normalized spacial score (nSPS) is 17.9. The van der Waals surface area contributed by atoms with Crippen molar-refractivity contribution >= 4 is 11.6 Å². The van der Waals surface area contributed by atoms with E-state index in [0.717, 1.165) is 30.8 Å². The molecule has 1 aliphatic rings. The molecule has 0 aliphatic carbocycles. The summed E-state index contributed by atoms with van der Waals surface area (Å²) in [6.07, 6.45) is 0.909. The van der Waals surface area contributed by atoms with E-state index in [0.29, 0.717) is 26.4 Å². The number of nitrogens with one attached hydrogen (secondary N) is 2. The van der Waals surface area contributed by atoms with Gasteiger partial charge in [0, 0.05) is 18.8 Å². The zero-order valence-corrected chi connectivity index (χ0v) is 12.6. The van der Waals surface area contributed by atoms with Crippen LogP contribution >= 0.6 is 0 Å². The van der Waals surface area contributed by atoms with E-state index in [2.05, 4.69) is 10.6 Å². The summed E-state index contributed by atoms with van der Waals surface area (Å²) in [5, 5.41) is 6.18. The van der Waals surface area contributed by atoms with Gasteiger partial charge in [-0.25, -0.2) is 0 Å². The average molecular weight is 292 g/mol. The zero-order chi connectivity index (χ0) is 14.9. The van der Waals surface area contributed by atoms with Crippen molar-refractivity contribution < 1.29 is 14.3 Å². The van der Waals surface area contributed by atoms with Gasteiger partial charge in [0.1, 0.15) is 0 Å². The molecule has 1 atom stereocenters. The fourth-order valence-corrected chi connectivity index (χ4v) is 2.31. The third-order valence-electron chi connectivity index (χ3n) is 3.47. The highest BCUT2D eigenvalue weighted by molar-refractivity contribution is 5.92. The Balaban J connectivity index is 1.78. The van der Waals surface area contributed by atoms with Crippen LogP contribution in [0.15, 0.2) is 24.3 Å². The minimum Gasteiger partial charge on any atom is -0.379 e. The Labute approximate surface area is 126 Å². The molecule has 0 aromatic heterocycles. The Hall–Kier alpha value is -1.43. The van der Waals surface area contributed by atoms with E-state index in [1.165, 1.54) is 0 Å². The molecular formula is C16H24N2O3. The van der Waals surface area contributed by atoms with E-state index in [4.69, 9.17) is 9.47 Å². The molecular weight excluding hydrogens is 268 g/mol. The van der Waals surface area contributed by atoms with Gasteiger partial charge in [-0.15, -0.1) is 0 Å². The average Bonchev–Trinajstić information content (AvgIpc) is 3.02. The summed E-state index contributed by atoms with van der Waals surface area (Å²) in [5.41, 5.74) is 1.88. The largest absolute Gasteiger partial charge is 0.379 e. The fourth-order valence-electron chi connectivity index (χ4n) is 2.31. The Morgan fingerprint density at radius 3 is 3.00 bits per heavy atom. The smallest absolute Gasteiger partial charge is 0.228 e. The lowest BCUT2D eigenvalue weighted by Crippen LogP contribution is -2.24. The van der Waals surface area contributed by atoms with E-state index >= 15 is 0 Å². The molecule has 0 radical (unpaired) electrons. The van der Waals surface area contributed by atoms with Gasteiger partial charge in [-0.05, 0) is 37.6 Å². The van der Waals surface area contributed by atoms with Crippen molar-refractivity contribution in [1.82, 2.24) is 5.32 Å². The summed E-state index contributed by atoms with van der Waals surface area (Å²) in [7, 11) is 0. The number of benzene rings is 1. The number of hydrogen-bond donors (Lipinski definition) is 2. The second-order valence-electron chi connectivity index (χ2n) is 5.13. The second-order valence-corrected chi connectivity index (χ2v) is 5.13. The van der Waals surface area contributed by atoms with Crippen LogP contribution in [-0.4, -0.2) is 38.8 Å². The van der Waals surface area contributed by atoms with Crippen LogP contribution in [-0.2, 0) is 20.9 Å². The first-order valence-electron chi connectivity index (χ1n) is 7.55. The van der Waals surface area contributed by atoms with Gasteiger partial charge in [0.15, 0.2) is 0 Å². The van der Waals surface area contributed by atoms with Gasteiger partial charge in [-0.2, -0.15) is 0 Å². The SMILES string of the molecule is CCOCCOCc1cccc(NC(=O)C2CCNC2)c1. The van der Waals surface area contributed by atoms with Gasteiger partial charge < -0.3 is 20.1 Å². The summed E-state index contributed by atoms with van der Waals surface area (Å²) in [5.74, 6) is 0.172. The number of anilines is 1. The molecule has 1 aliphatic heterocycles. The van der Waals surface area contributed by atoms with Crippen molar-refractivity contribution in [3.05, 3.63) is 29.8 Å². The molecule has 1 amide bonds. The van der Waals surface area contributed by atoms with Gasteiger partial charge in [0.2, 0.25) is 5.91 Å². The van der Waals surface area contributed by atoms with Crippen LogP contribution in [0.25, 0.3) is 0 Å². The number of ether oxygens (including phenoxy) is 2. The summed E-state index contributed by atoms with van der Waals surface area (Å²) in [6, 6.07) is 7.79. The maximum absolute atomic E-state index is 12.1. The number of carbonyl (C=O) groups excluding carboxylic acids is 1. The maximum Gasteiger partial charge on any atom is 0.228 e. The fraction of sp³-hybridized carbons (Fsp3) is 0.562. The van der Waals surface area contributed by atoms with Crippen LogP contribution in [0.3, 0.4) is 0 Å². The van der Waals surface area contributed by atoms with Crippen molar-refractivity contribution in [2.24, 2.45) is 5.92 Å². The van der Waals surface area contributed by atoms with Crippen LogP contribution in [0.5, 0.6) is 0 Å². The van der Waals surface area contributed by atoms with E-state index in [-0.39, 0.29) is 11.8 Å². The minimum absolute atomic E-state index is 0.0797. The third-order valence-corrected chi connectivity index (χ3v) is 3.47. The molecule has 1 aromatic carbocycles. The van der Waals surface area contributed by atoms with Crippen molar-refractivity contribution in [2.75, 3.05) is 38.2 Å². The van der Waals surface area contributed by atoms with Gasteiger partial charge in [0.05, 0.1) is 25.7 Å². The van der Waals surface area contributed by atoms with Crippen LogP contribution < -0.4 is 10.6 Å². The van der Waals surface area contributed by atoms with E-state index in [9.17, 15) is 4.79 Å². The molecule has 0 bridgehead atoms. The molecule has 1 unspecified atom stereocenters. The van der Waals surface area contributed by atoms with Crippen LogP contribution in [0.1, 0.15) is 18.9 Å². The summed E-state index contributed by atoms with van der Waals surface area (Å²) >= 11 is 0. The maximum atomic E-state index is 12.1. The molecule has 1 fully saturated rings. The highest BCUT2D eigenvalue weighted by Gasteiger charge is 2.22. The molecule has 21 heavy (non-hydrogen) atoms. The first-order chi connectivity index (χ1) is 10.3. The van der Waals surface area contributed by atoms with Gasteiger partial charge in [-0.3, -0.25) is 4.79 Å². The summed E-state index contributed by atoms with van der Waals surface area (Å²) in [4.78, 5) is 12.1. The first-order valence-corrected chi connectivity index (χ1v) is 7.55. The minimum atomic E-state index is 0.0797. The van der Waals surface area contributed by atoms with Crippen molar-refractivity contribution in [3.8, 4) is 0 Å². The molecule has 1 saturated heterocycles. The Morgan fingerprint density at radius 1 is 1.38 bits per heavy atom. The summed E-state index contributed by atoms with van der Waals surface area (Å²) in [6.45, 7) is 6.09. The number of rotatable bonds is 8. The van der Waals surface area contributed by atoms with E-state index in [1.54, 1.807) is 0 Å². The zero-order valence-electron chi connectivity index (χ0n) is 12.6. The first kappa shape index (κ1) is 15.9. The molecule has 5 nitrogen and oxygen atoms in total. The standard InChI is InChI=1S/C16H24N2O3/c1-2-20-8-9-21-12-13-4-3-5-15(10-13)18-16(19)14-6-7-17-11-14/h3-5,10,14,17H,2,6-9,11-12H2,1H3,(H,18,19). The monoisotopic (exact) mass is 292 g/mol. The molecule has 0 saturated carbocycles. The third kappa shape index (κ3) is 5.46. The molecule has 2 N–H and O–H groups in total. The quantitative estimate of drug-likeness (QED) is 0.717. The molecule has 2 rings (SSSR count). The second kappa shape index (κ2) is 8.77.